The molecule has 2 N–H and O–H groups in total. The highest BCUT2D eigenvalue weighted by atomic mass is 35.5. The summed E-state index contributed by atoms with van der Waals surface area (Å²) in [5.41, 5.74) is 9.91. The second-order valence-corrected chi connectivity index (χ2v) is 6.03. The fourth-order valence-electron chi connectivity index (χ4n) is 2.50. The Morgan fingerprint density at radius 1 is 1.00 bits per heavy atom. The van der Waals surface area contributed by atoms with Gasteiger partial charge in [-0.05, 0) is 43.0 Å². The molecule has 108 valence electrons. The monoisotopic (exact) mass is 281 g/mol. The van der Waals surface area contributed by atoms with Crippen LogP contribution < -0.4 is 5.73 Å². The molecule has 1 aromatic rings. The van der Waals surface area contributed by atoms with Crippen molar-refractivity contribution < 1.29 is 0 Å². The molecule has 0 aliphatic rings. The zero-order chi connectivity index (χ0) is 14.3. The summed E-state index contributed by atoms with van der Waals surface area (Å²) in [5, 5.41) is 0.841. The van der Waals surface area contributed by atoms with E-state index >= 15 is 0 Å². The van der Waals surface area contributed by atoms with Gasteiger partial charge in [0.25, 0.3) is 0 Å². The first-order valence-corrected chi connectivity index (χ1v) is 7.96. The molecule has 1 rings (SSSR count). The molecule has 0 fully saturated rings. The Kier molecular flexibility index (Phi) is 7.48. The molecule has 0 saturated carbocycles. The largest absolute Gasteiger partial charge is 0.324 e. The molecular formula is C17H28ClN. The highest BCUT2D eigenvalue weighted by molar-refractivity contribution is 6.31. The molecule has 0 aliphatic heterocycles. The second kappa shape index (κ2) is 8.60. The van der Waals surface area contributed by atoms with E-state index in [1.165, 1.54) is 49.7 Å². The quantitative estimate of drug-likeness (QED) is 0.607. The fraction of sp³-hybridized carbons (Fsp3) is 0.647. The first-order valence-electron chi connectivity index (χ1n) is 7.58. The van der Waals surface area contributed by atoms with E-state index in [1.54, 1.807) is 0 Å². The lowest BCUT2D eigenvalue weighted by atomic mass is 9.95. The Bertz CT molecular complexity index is 387. The Balaban J connectivity index is 2.41. The van der Waals surface area contributed by atoms with Crippen LogP contribution in [0.5, 0.6) is 0 Å². The van der Waals surface area contributed by atoms with Crippen LogP contribution in [0.2, 0.25) is 5.02 Å². The molecule has 0 saturated heterocycles. The van der Waals surface area contributed by atoms with Gasteiger partial charge in [-0.25, -0.2) is 0 Å². The number of hydrogen-bond donors (Lipinski definition) is 1. The molecule has 0 heterocycles. The zero-order valence-corrected chi connectivity index (χ0v) is 13.4. The van der Waals surface area contributed by atoms with E-state index in [9.17, 15) is 0 Å². The summed E-state index contributed by atoms with van der Waals surface area (Å²) in [5.74, 6) is 0. The van der Waals surface area contributed by atoms with Gasteiger partial charge in [-0.2, -0.15) is 0 Å². The third-order valence-corrected chi connectivity index (χ3v) is 4.22. The third-order valence-electron chi connectivity index (χ3n) is 3.82. The van der Waals surface area contributed by atoms with Gasteiger partial charge in [0, 0.05) is 11.1 Å². The lowest BCUT2D eigenvalue weighted by Crippen LogP contribution is -2.12. The minimum Gasteiger partial charge on any atom is -0.324 e. The van der Waals surface area contributed by atoms with Crippen LogP contribution in [-0.4, -0.2) is 0 Å². The van der Waals surface area contributed by atoms with Gasteiger partial charge in [0.05, 0.1) is 0 Å². The number of unbranched alkanes of at least 4 members (excludes halogenated alkanes) is 5. The van der Waals surface area contributed by atoms with Crippen molar-refractivity contribution in [2.45, 2.75) is 71.8 Å². The Labute approximate surface area is 123 Å². The smallest absolute Gasteiger partial charge is 0.0438 e. The minimum atomic E-state index is 0.155. The molecule has 1 atom stereocenters. The summed E-state index contributed by atoms with van der Waals surface area (Å²) in [6, 6.07) is 4.34. The van der Waals surface area contributed by atoms with Gasteiger partial charge in [0.2, 0.25) is 0 Å². The van der Waals surface area contributed by atoms with Crippen LogP contribution in [0.4, 0.5) is 0 Å². The van der Waals surface area contributed by atoms with Crippen molar-refractivity contribution in [3.63, 3.8) is 0 Å². The van der Waals surface area contributed by atoms with Crippen LogP contribution in [0.1, 0.15) is 74.6 Å². The second-order valence-electron chi connectivity index (χ2n) is 5.62. The minimum absolute atomic E-state index is 0.155. The maximum atomic E-state index is 6.31. The number of hydrogen-bond acceptors (Lipinski definition) is 1. The van der Waals surface area contributed by atoms with Crippen molar-refractivity contribution in [2.24, 2.45) is 5.73 Å². The summed E-state index contributed by atoms with van der Waals surface area (Å²) < 4.78 is 0. The number of halogens is 1. The number of aryl methyl sites for hydroxylation is 2. The Morgan fingerprint density at radius 3 is 2.32 bits per heavy atom. The SMILES string of the molecule is CCCCCCCCC(N)c1cc(C)c(Cl)cc1C. The number of rotatable bonds is 8. The van der Waals surface area contributed by atoms with Crippen molar-refractivity contribution in [3.8, 4) is 0 Å². The maximum absolute atomic E-state index is 6.31. The van der Waals surface area contributed by atoms with E-state index in [4.69, 9.17) is 17.3 Å². The highest BCUT2D eigenvalue weighted by Gasteiger charge is 2.10. The summed E-state index contributed by atoms with van der Waals surface area (Å²) in [7, 11) is 0. The standard InChI is InChI=1S/C17H28ClN/c1-4-5-6-7-8-9-10-17(19)15-11-14(3)16(18)12-13(15)2/h11-12,17H,4-10,19H2,1-3H3. The van der Waals surface area contributed by atoms with E-state index in [1.807, 2.05) is 13.0 Å². The van der Waals surface area contributed by atoms with Gasteiger partial charge < -0.3 is 5.73 Å². The molecule has 2 heteroatoms. The lowest BCUT2D eigenvalue weighted by molar-refractivity contribution is 0.546. The average molecular weight is 282 g/mol. The molecule has 0 spiro atoms. The molecule has 19 heavy (non-hydrogen) atoms. The molecular weight excluding hydrogens is 254 g/mol. The predicted molar refractivity (Wildman–Crippen MR) is 85.8 cm³/mol. The van der Waals surface area contributed by atoms with E-state index in [0.29, 0.717) is 0 Å². The summed E-state index contributed by atoms with van der Waals surface area (Å²) in [4.78, 5) is 0. The van der Waals surface area contributed by atoms with Gasteiger partial charge >= 0.3 is 0 Å². The molecule has 1 aromatic carbocycles. The molecule has 0 amide bonds. The van der Waals surface area contributed by atoms with E-state index < -0.39 is 0 Å². The summed E-state index contributed by atoms with van der Waals surface area (Å²) in [6.45, 7) is 6.39. The van der Waals surface area contributed by atoms with E-state index in [2.05, 4.69) is 19.9 Å². The molecule has 0 aliphatic carbocycles. The van der Waals surface area contributed by atoms with Crippen molar-refractivity contribution in [1.82, 2.24) is 0 Å². The molecule has 0 radical (unpaired) electrons. The van der Waals surface area contributed by atoms with Crippen molar-refractivity contribution in [3.05, 3.63) is 33.8 Å². The van der Waals surface area contributed by atoms with Gasteiger partial charge in [-0.1, -0.05) is 63.1 Å². The zero-order valence-electron chi connectivity index (χ0n) is 12.6. The van der Waals surface area contributed by atoms with Gasteiger partial charge in [-0.15, -0.1) is 0 Å². The Morgan fingerprint density at radius 2 is 1.63 bits per heavy atom. The van der Waals surface area contributed by atoms with Crippen molar-refractivity contribution >= 4 is 11.6 Å². The summed E-state index contributed by atoms with van der Waals surface area (Å²) in [6.07, 6.45) is 8.99. The molecule has 1 nitrogen and oxygen atoms in total. The Hall–Kier alpha value is -0.530. The normalized spacial score (nSPS) is 12.7. The maximum Gasteiger partial charge on any atom is 0.0438 e. The highest BCUT2D eigenvalue weighted by Crippen LogP contribution is 2.26. The third kappa shape index (κ3) is 5.54. The summed E-state index contributed by atoms with van der Waals surface area (Å²) >= 11 is 6.13. The number of nitrogens with two attached hydrogens (primary N) is 1. The molecule has 0 bridgehead atoms. The van der Waals surface area contributed by atoms with Gasteiger partial charge in [0.1, 0.15) is 0 Å². The van der Waals surface area contributed by atoms with Crippen molar-refractivity contribution in [1.29, 1.82) is 0 Å². The molecule has 1 unspecified atom stereocenters. The van der Waals surface area contributed by atoms with Crippen LogP contribution in [-0.2, 0) is 0 Å². The van der Waals surface area contributed by atoms with Crippen LogP contribution in [0.25, 0.3) is 0 Å². The topological polar surface area (TPSA) is 26.0 Å². The predicted octanol–water partition coefficient (Wildman–Crippen LogP) is 5.71. The first kappa shape index (κ1) is 16.5. The first-order chi connectivity index (χ1) is 9.06. The van der Waals surface area contributed by atoms with E-state index in [-0.39, 0.29) is 6.04 Å². The van der Waals surface area contributed by atoms with Crippen LogP contribution in [0.3, 0.4) is 0 Å². The number of benzene rings is 1. The molecule has 0 aromatic heterocycles. The van der Waals surface area contributed by atoms with Crippen LogP contribution in [0, 0.1) is 13.8 Å². The average Bonchev–Trinajstić information content (AvgIpc) is 2.37. The lowest BCUT2D eigenvalue weighted by Gasteiger charge is -2.16. The van der Waals surface area contributed by atoms with Crippen LogP contribution in [0.15, 0.2) is 12.1 Å². The van der Waals surface area contributed by atoms with Crippen molar-refractivity contribution in [2.75, 3.05) is 0 Å². The van der Waals surface area contributed by atoms with Crippen LogP contribution >= 0.6 is 11.6 Å². The fourth-order valence-corrected chi connectivity index (χ4v) is 2.72. The van der Waals surface area contributed by atoms with Gasteiger partial charge in [0.15, 0.2) is 0 Å². The van der Waals surface area contributed by atoms with E-state index in [0.717, 1.165) is 17.0 Å². The van der Waals surface area contributed by atoms with Gasteiger partial charge in [-0.3, -0.25) is 0 Å².